The Morgan fingerprint density at radius 3 is 2.47 bits per heavy atom. The van der Waals surface area contributed by atoms with Crippen LogP contribution in [0.15, 0.2) is 18.2 Å². The number of likely N-dealkylation sites (N-methyl/N-ethyl adjacent to an activating group) is 1. The molecule has 196 valence electrons. The molecule has 3 fully saturated rings. The van der Waals surface area contributed by atoms with Gasteiger partial charge in [0.1, 0.15) is 12.6 Å². The van der Waals surface area contributed by atoms with Gasteiger partial charge in [0.25, 0.3) is 5.91 Å². The van der Waals surface area contributed by atoms with Crippen LogP contribution in [0.4, 0.5) is 11.4 Å². The topological polar surface area (TPSA) is 79.4 Å². The number of carbonyl (C=O) groups is 3. The lowest BCUT2D eigenvalue weighted by atomic mass is 9.95. The van der Waals surface area contributed by atoms with Gasteiger partial charge < -0.3 is 24.9 Å². The number of hydrogen-bond donors (Lipinski definition) is 1. The maximum Gasteiger partial charge on any atom is 0.253 e. The van der Waals surface area contributed by atoms with Crippen molar-refractivity contribution in [3.63, 3.8) is 0 Å². The van der Waals surface area contributed by atoms with Crippen LogP contribution in [-0.2, 0) is 9.59 Å². The van der Waals surface area contributed by atoms with Crippen molar-refractivity contribution in [3.05, 3.63) is 23.8 Å². The number of hydrogen-bond acceptors (Lipinski definition) is 6. The van der Waals surface area contributed by atoms with Crippen molar-refractivity contribution in [2.45, 2.75) is 44.6 Å². The molecular weight excluding hydrogens is 456 g/mol. The van der Waals surface area contributed by atoms with E-state index in [2.05, 4.69) is 27.1 Å². The van der Waals surface area contributed by atoms with Crippen LogP contribution in [0.1, 0.15) is 48.9 Å². The van der Waals surface area contributed by atoms with E-state index in [1.165, 1.54) is 0 Å². The Labute approximate surface area is 214 Å². The molecule has 5 rings (SSSR count). The molecule has 3 saturated heterocycles. The average molecular weight is 497 g/mol. The van der Waals surface area contributed by atoms with Gasteiger partial charge in [0.05, 0.1) is 11.4 Å². The van der Waals surface area contributed by atoms with E-state index < -0.39 is 0 Å². The number of nitrogens with zero attached hydrogens (tertiary/aromatic N) is 5. The highest BCUT2D eigenvalue weighted by Crippen LogP contribution is 2.40. The van der Waals surface area contributed by atoms with Gasteiger partial charge in [-0.2, -0.15) is 0 Å². The molecule has 9 heteroatoms. The number of benzene rings is 1. The van der Waals surface area contributed by atoms with Gasteiger partial charge in [0.2, 0.25) is 11.8 Å². The largest absolute Gasteiger partial charge is 0.358 e. The van der Waals surface area contributed by atoms with E-state index >= 15 is 0 Å². The Hall–Kier alpha value is -2.65. The Morgan fingerprint density at radius 1 is 0.944 bits per heavy atom. The van der Waals surface area contributed by atoms with E-state index in [0.29, 0.717) is 17.8 Å². The van der Waals surface area contributed by atoms with Crippen LogP contribution in [0.3, 0.4) is 0 Å². The first kappa shape index (κ1) is 25.0. The maximum absolute atomic E-state index is 13.6. The third-order valence-electron chi connectivity index (χ3n) is 8.14. The molecule has 0 aromatic heterocycles. The van der Waals surface area contributed by atoms with Crippen LogP contribution in [0, 0.1) is 0 Å². The van der Waals surface area contributed by atoms with Crippen molar-refractivity contribution in [1.82, 2.24) is 20.0 Å². The Bertz CT molecular complexity index is 970. The fourth-order valence-electron chi connectivity index (χ4n) is 5.96. The number of piperazine rings is 1. The summed E-state index contributed by atoms with van der Waals surface area (Å²) in [6.45, 7) is 8.27. The first-order chi connectivity index (χ1) is 17.5. The molecule has 1 N–H and O–H groups in total. The predicted octanol–water partition coefficient (Wildman–Crippen LogP) is 1.38. The van der Waals surface area contributed by atoms with Gasteiger partial charge >= 0.3 is 0 Å². The normalized spacial score (nSPS) is 23.0. The molecular formula is C27H40N6O3. The molecule has 0 unspecified atom stereocenters. The zero-order valence-corrected chi connectivity index (χ0v) is 21.6. The molecule has 3 amide bonds. The minimum absolute atomic E-state index is 0.00790. The molecule has 1 atom stereocenters. The van der Waals surface area contributed by atoms with Crippen LogP contribution in [0.5, 0.6) is 0 Å². The van der Waals surface area contributed by atoms with Crippen LogP contribution in [0.2, 0.25) is 0 Å². The number of likely N-dealkylation sites (tertiary alicyclic amines) is 1. The fourth-order valence-corrected chi connectivity index (χ4v) is 5.96. The molecule has 4 aliphatic rings. The molecule has 0 bridgehead atoms. The van der Waals surface area contributed by atoms with Gasteiger partial charge in [-0.3, -0.25) is 19.3 Å². The SMILES string of the molecule is CN1CCN(CCCNC(=O)CN2C(=O)[C@@H]3CCCCN3c3ccc(C(=O)N4CCCC4)cc32)CC1. The molecule has 1 aromatic rings. The summed E-state index contributed by atoms with van der Waals surface area (Å²) in [5.74, 6) is -0.161. The van der Waals surface area contributed by atoms with E-state index in [0.717, 1.165) is 96.6 Å². The molecule has 0 aliphatic carbocycles. The number of fused-ring (bicyclic) bond motifs is 3. The zero-order chi connectivity index (χ0) is 25.1. The summed E-state index contributed by atoms with van der Waals surface area (Å²) in [5, 5.41) is 3.03. The first-order valence-corrected chi connectivity index (χ1v) is 13.7. The summed E-state index contributed by atoms with van der Waals surface area (Å²) in [6.07, 6.45) is 5.82. The molecule has 4 heterocycles. The number of carbonyl (C=O) groups excluding carboxylic acids is 3. The third-order valence-corrected chi connectivity index (χ3v) is 8.14. The van der Waals surface area contributed by atoms with E-state index in [1.54, 1.807) is 4.90 Å². The number of anilines is 2. The second kappa shape index (κ2) is 11.2. The van der Waals surface area contributed by atoms with Gasteiger partial charge in [-0.05, 0) is 70.3 Å². The lowest BCUT2D eigenvalue weighted by molar-refractivity contribution is -0.125. The van der Waals surface area contributed by atoms with Crippen LogP contribution in [0.25, 0.3) is 0 Å². The number of piperidine rings is 1. The fraction of sp³-hybridized carbons (Fsp3) is 0.667. The zero-order valence-electron chi connectivity index (χ0n) is 21.6. The van der Waals surface area contributed by atoms with Crippen molar-refractivity contribution in [1.29, 1.82) is 0 Å². The Balaban J connectivity index is 1.26. The summed E-state index contributed by atoms with van der Waals surface area (Å²) in [6, 6.07) is 5.47. The molecule has 36 heavy (non-hydrogen) atoms. The summed E-state index contributed by atoms with van der Waals surface area (Å²) >= 11 is 0. The Kier molecular flexibility index (Phi) is 7.76. The smallest absolute Gasteiger partial charge is 0.253 e. The van der Waals surface area contributed by atoms with Gasteiger partial charge in [-0.15, -0.1) is 0 Å². The molecule has 1 aromatic carbocycles. The third kappa shape index (κ3) is 5.37. The van der Waals surface area contributed by atoms with E-state index in [9.17, 15) is 14.4 Å². The highest BCUT2D eigenvalue weighted by Gasteiger charge is 2.40. The van der Waals surface area contributed by atoms with Crippen molar-refractivity contribution in [2.75, 3.05) is 82.3 Å². The molecule has 0 spiro atoms. The highest BCUT2D eigenvalue weighted by molar-refractivity contribution is 6.09. The van der Waals surface area contributed by atoms with E-state index in [4.69, 9.17) is 0 Å². The quantitative estimate of drug-likeness (QED) is 0.575. The number of amides is 3. The first-order valence-electron chi connectivity index (χ1n) is 13.7. The minimum atomic E-state index is -0.226. The lowest BCUT2D eigenvalue weighted by Gasteiger charge is -2.45. The van der Waals surface area contributed by atoms with Gasteiger partial charge in [0, 0.05) is 57.9 Å². The van der Waals surface area contributed by atoms with Gasteiger partial charge in [-0.25, -0.2) is 0 Å². The molecule has 0 radical (unpaired) electrons. The number of rotatable bonds is 7. The average Bonchev–Trinajstić information content (AvgIpc) is 3.44. The number of nitrogens with one attached hydrogen (secondary N) is 1. The minimum Gasteiger partial charge on any atom is -0.358 e. The van der Waals surface area contributed by atoms with Crippen LogP contribution >= 0.6 is 0 Å². The van der Waals surface area contributed by atoms with E-state index in [-0.39, 0.29) is 30.3 Å². The Morgan fingerprint density at radius 2 is 1.69 bits per heavy atom. The predicted molar refractivity (Wildman–Crippen MR) is 140 cm³/mol. The van der Waals surface area contributed by atoms with Crippen molar-refractivity contribution < 1.29 is 14.4 Å². The second-order valence-corrected chi connectivity index (χ2v) is 10.7. The monoisotopic (exact) mass is 496 g/mol. The van der Waals surface area contributed by atoms with Crippen LogP contribution < -0.4 is 15.1 Å². The summed E-state index contributed by atoms with van der Waals surface area (Å²) < 4.78 is 0. The molecule has 9 nitrogen and oxygen atoms in total. The summed E-state index contributed by atoms with van der Waals surface area (Å²) in [5.41, 5.74) is 2.24. The summed E-state index contributed by atoms with van der Waals surface area (Å²) in [4.78, 5) is 50.0. The van der Waals surface area contributed by atoms with Crippen molar-refractivity contribution in [2.24, 2.45) is 0 Å². The maximum atomic E-state index is 13.6. The van der Waals surface area contributed by atoms with Gasteiger partial charge in [0.15, 0.2) is 0 Å². The van der Waals surface area contributed by atoms with E-state index in [1.807, 2.05) is 23.1 Å². The highest BCUT2D eigenvalue weighted by atomic mass is 16.2. The van der Waals surface area contributed by atoms with Crippen LogP contribution in [-0.4, -0.2) is 111 Å². The van der Waals surface area contributed by atoms with Crippen molar-refractivity contribution >= 4 is 29.1 Å². The molecule has 4 aliphatic heterocycles. The lowest BCUT2D eigenvalue weighted by Crippen LogP contribution is -2.57. The molecule has 0 saturated carbocycles. The summed E-state index contributed by atoms with van der Waals surface area (Å²) in [7, 11) is 2.15. The van der Waals surface area contributed by atoms with Gasteiger partial charge in [-0.1, -0.05) is 0 Å². The standard InChI is InChI=1S/C27H40N6O3/c1-29-15-17-30(18-16-29)11-6-10-28-25(34)20-33-24-19-21(26(35)31-12-4-5-13-31)8-9-22(24)32-14-3-2-7-23(32)27(33)36/h8-9,19,23H,2-7,10-18,20H2,1H3,(H,28,34)/t23-/m0/s1. The second-order valence-electron chi connectivity index (χ2n) is 10.7. The van der Waals surface area contributed by atoms with Crippen molar-refractivity contribution in [3.8, 4) is 0 Å².